The van der Waals surface area contributed by atoms with Crippen molar-refractivity contribution in [3.63, 3.8) is 0 Å². The molecule has 1 amide bonds. The van der Waals surface area contributed by atoms with Crippen LogP contribution in [0.25, 0.3) is 0 Å². The molecule has 2 heterocycles. The topological polar surface area (TPSA) is 103 Å². The first-order valence-electron chi connectivity index (χ1n) is 5.33. The van der Waals surface area contributed by atoms with Crippen LogP contribution in [0.3, 0.4) is 0 Å². The SMILES string of the molecule is Cc1ncn(Cc2occc2C(=O)NN)c(=O)c1I. The monoisotopic (exact) mass is 374 g/mol. The molecule has 19 heavy (non-hydrogen) atoms. The van der Waals surface area contributed by atoms with E-state index in [4.69, 9.17) is 10.3 Å². The van der Waals surface area contributed by atoms with Crippen molar-refractivity contribution in [2.24, 2.45) is 5.84 Å². The highest BCUT2D eigenvalue weighted by Gasteiger charge is 2.15. The Morgan fingerprint density at radius 1 is 1.63 bits per heavy atom. The molecule has 0 atom stereocenters. The Morgan fingerprint density at radius 3 is 3.05 bits per heavy atom. The zero-order chi connectivity index (χ0) is 14.0. The van der Waals surface area contributed by atoms with Gasteiger partial charge in [0.15, 0.2) is 0 Å². The Kier molecular flexibility index (Phi) is 4.00. The summed E-state index contributed by atoms with van der Waals surface area (Å²) in [6.07, 6.45) is 2.80. The molecule has 0 radical (unpaired) electrons. The summed E-state index contributed by atoms with van der Waals surface area (Å²) in [5.74, 6) is 4.96. The number of amides is 1. The molecule has 0 aliphatic carbocycles. The number of hydrogen-bond donors (Lipinski definition) is 2. The maximum absolute atomic E-state index is 12.0. The van der Waals surface area contributed by atoms with Crippen LogP contribution in [0.5, 0.6) is 0 Å². The van der Waals surface area contributed by atoms with Gasteiger partial charge in [0.05, 0.1) is 34.0 Å². The van der Waals surface area contributed by atoms with E-state index < -0.39 is 5.91 Å². The average molecular weight is 374 g/mol. The summed E-state index contributed by atoms with van der Waals surface area (Å²) in [6, 6.07) is 1.50. The summed E-state index contributed by atoms with van der Waals surface area (Å²) in [5, 5.41) is 0. The lowest BCUT2D eigenvalue weighted by Gasteiger charge is -2.06. The van der Waals surface area contributed by atoms with Crippen LogP contribution in [0.4, 0.5) is 0 Å². The summed E-state index contributed by atoms with van der Waals surface area (Å²) < 4.78 is 7.12. The van der Waals surface area contributed by atoms with Crippen LogP contribution in [0.1, 0.15) is 21.8 Å². The molecule has 0 spiro atoms. The summed E-state index contributed by atoms with van der Waals surface area (Å²) in [4.78, 5) is 27.6. The molecule has 0 aliphatic heterocycles. The van der Waals surface area contributed by atoms with Crippen molar-refractivity contribution in [3.05, 3.63) is 49.6 Å². The van der Waals surface area contributed by atoms with Crippen LogP contribution in [0, 0.1) is 10.5 Å². The van der Waals surface area contributed by atoms with Crippen LogP contribution in [-0.2, 0) is 6.54 Å². The molecule has 2 aromatic rings. The van der Waals surface area contributed by atoms with E-state index in [1.54, 1.807) is 6.92 Å². The molecule has 7 nitrogen and oxygen atoms in total. The van der Waals surface area contributed by atoms with Gasteiger partial charge in [0, 0.05) is 0 Å². The number of aromatic nitrogens is 2. The minimum absolute atomic E-state index is 0.123. The first-order valence-corrected chi connectivity index (χ1v) is 6.41. The number of rotatable bonds is 3. The largest absolute Gasteiger partial charge is 0.467 e. The quantitative estimate of drug-likeness (QED) is 0.351. The Morgan fingerprint density at radius 2 is 2.37 bits per heavy atom. The van der Waals surface area contributed by atoms with Gasteiger partial charge >= 0.3 is 0 Å². The molecule has 0 aromatic carbocycles. The van der Waals surface area contributed by atoms with Crippen LogP contribution < -0.4 is 16.8 Å². The third-order valence-electron chi connectivity index (χ3n) is 2.59. The van der Waals surface area contributed by atoms with Crippen molar-refractivity contribution < 1.29 is 9.21 Å². The van der Waals surface area contributed by atoms with Gasteiger partial charge in [0.25, 0.3) is 11.5 Å². The Bertz CT molecular complexity index is 677. The summed E-state index contributed by atoms with van der Waals surface area (Å²) >= 11 is 1.94. The van der Waals surface area contributed by atoms with Crippen molar-refractivity contribution in [2.75, 3.05) is 0 Å². The van der Waals surface area contributed by atoms with Gasteiger partial charge in [-0.25, -0.2) is 10.8 Å². The van der Waals surface area contributed by atoms with Crippen molar-refractivity contribution in [2.45, 2.75) is 13.5 Å². The fraction of sp³-hybridized carbons (Fsp3) is 0.182. The normalized spacial score (nSPS) is 10.5. The van der Waals surface area contributed by atoms with Crippen LogP contribution >= 0.6 is 22.6 Å². The van der Waals surface area contributed by atoms with Gasteiger partial charge in [0.2, 0.25) is 0 Å². The number of carbonyl (C=O) groups is 1. The molecule has 0 aliphatic rings. The van der Waals surface area contributed by atoms with Gasteiger partial charge in [0.1, 0.15) is 5.76 Å². The minimum Gasteiger partial charge on any atom is -0.467 e. The van der Waals surface area contributed by atoms with Gasteiger partial charge in [-0.2, -0.15) is 0 Å². The highest BCUT2D eigenvalue weighted by Crippen LogP contribution is 2.12. The van der Waals surface area contributed by atoms with Gasteiger partial charge in [-0.15, -0.1) is 0 Å². The third-order valence-corrected chi connectivity index (χ3v) is 3.83. The molecular formula is C11H11IN4O3. The second-order valence-corrected chi connectivity index (χ2v) is 4.89. The number of aryl methyl sites for hydroxylation is 1. The van der Waals surface area contributed by atoms with E-state index in [-0.39, 0.29) is 12.1 Å². The van der Waals surface area contributed by atoms with Crippen LogP contribution in [0.15, 0.2) is 27.9 Å². The van der Waals surface area contributed by atoms with Crippen molar-refractivity contribution >= 4 is 28.5 Å². The van der Waals surface area contributed by atoms with Gasteiger partial charge in [-0.05, 0) is 35.6 Å². The lowest BCUT2D eigenvalue weighted by Crippen LogP contribution is -2.31. The van der Waals surface area contributed by atoms with Gasteiger partial charge in [-0.3, -0.25) is 19.6 Å². The predicted molar refractivity (Wildman–Crippen MR) is 75.4 cm³/mol. The zero-order valence-electron chi connectivity index (χ0n) is 10.0. The maximum atomic E-state index is 12.0. The summed E-state index contributed by atoms with van der Waals surface area (Å²) in [7, 11) is 0. The Balaban J connectivity index is 2.38. The van der Waals surface area contributed by atoms with Crippen molar-refractivity contribution in [1.82, 2.24) is 15.0 Å². The van der Waals surface area contributed by atoms with E-state index >= 15 is 0 Å². The summed E-state index contributed by atoms with van der Waals surface area (Å²) in [5.41, 5.74) is 2.81. The third kappa shape index (κ3) is 2.68. The zero-order valence-corrected chi connectivity index (χ0v) is 12.2. The van der Waals surface area contributed by atoms with E-state index in [9.17, 15) is 9.59 Å². The molecule has 0 saturated carbocycles. The summed E-state index contributed by atoms with van der Waals surface area (Å²) in [6.45, 7) is 1.88. The second kappa shape index (κ2) is 5.53. The van der Waals surface area contributed by atoms with Crippen molar-refractivity contribution in [1.29, 1.82) is 0 Å². The van der Waals surface area contributed by atoms with E-state index in [2.05, 4.69) is 4.98 Å². The molecule has 0 fully saturated rings. The number of hydrogen-bond acceptors (Lipinski definition) is 5. The highest BCUT2D eigenvalue weighted by molar-refractivity contribution is 14.1. The number of nitrogens with zero attached hydrogens (tertiary/aromatic N) is 2. The second-order valence-electron chi connectivity index (χ2n) is 3.81. The van der Waals surface area contributed by atoms with E-state index in [1.807, 2.05) is 28.0 Å². The number of halogens is 1. The average Bonchev–Trinajstić information content (AvgIpc) is 2.87. The molecule has 0 saturated heterocycles. The van der Waals surface area contributed by atoms with Crippen LogP contribution in [-0.4, -0.2) is 15.5 Å². The number of hydrazine groups is 1. The molecule has 2 aromatic heterocycles. The fourth-order valence-corrected chi connectivity index (χ4v) is 2.01. The molecule has 0 bridgehead atoms. The van der Waals surface area contributed by atoms with Crippen LogP contribution in [0.2, 0.25) is 0 Å². The number of nitrogens with two attached hydrogens (primary N) is 1. The number of furan rings is 1. The number of carbonyl (C=O) groups excluding carboxylic acids is 1. The number of nitrogen functional groups attached to an aromatic ring is 1. The van der Waals surface area contributed by atoms with E-state index in [1.165, 1.54) is 23.2 Å². The first kappa shape index (κ1) is 13.7. The molecule has 3 N–H and O–H groups in total. The minimum atomic E-state index is -0.466. The smallest absolute Gasteiger partial charge is 0.268 e. The molecule has 2 rings (SSSR count). The standard InChI is InChI=1S/C11H11IN4O3/c1-6-9(12)11(18)16(5-14-6)4-8-7(2-3-19-8)10(17)15-13/h2-3,5H,4,13H2,1H3,(H,15,17). The van der Waals surface area contributed by atoms with Crippen molar-refractivity contribution in [3.8, 4) is 0 Å². The Labute approximate surface area is 121 Å². The van der Waals surface area contributed by atoms with Gasteiger partial charge < -0.3 is 4.42 Å². The molecular weight excluding hydrogens is 363 g/mol. The Hall–Kier alpha value is -1.68. The molecule has 0 unspecified atom stereocenters. The predicted octanol–water partition coefficient (Wildman–Crippen LogP) is 0.401. The number of nitrogens with one attached hydrogen (secondary N) is 1. The van der Waals surface area contributed by atoms with E-state index in [0.29, 0.717) is 20.6 Å². The fourth-order valence-electron chi connectivity index (χ4n) is 1.56. The molecule has 8 heteroatoms. The van der Waals surface area contributed by atoms with Gasteiger partial charge in [-0.1, -0.05) is 0 Å². The molecule has 100 valence electrons. The lowest BCUT2D eigenvalue weighted by atomic mass is 10.2. The highest BCUT2D eigenvalue weighted by atomic mass is 127. The maximum Gasteiger partial charge on any atom is 0.268 e. The van der Waals surface area contributed by atoms with E-state index in [0.717, 1.165) is 0 Å². The first-order chi connectivity index (χ1) is 9.04. The lowest BCUT2D eigenvalue weighted by molar-refractivity contribution is 0.0951.